The van der Waals surface area contributed by atoms with Gasteiger partial charge < -0.3 is 11.1 Å². The first-order chi connectivity index (χ1) is 9.15. The van der Waals surface area contributed by atoms with Crippen LogP contribution in [0.2, 0.25) is 5.02 Å². The molecule has 1 amide bonds. The minimum atomic E-state index is 0. The molecule has 5 heteroatoms. The largest absolute Gasteiger partial charge is 0.352 e. The molecule has 2 rings (SSSR count). The van der Waals surface area contributed by atoms with E-state index in [1.54, 1.807) is 0 Å². The molecule has 1 aromatic rings. The summed E-state index contributed by atoms with van der Waals surface area (Å²) in [6, 6.07) is 7.73. The van der Waals surface area contributed by atoms with Gasteiger partial charge in [-0.05, 0) is 36.5 Å². The normalized spacial score (nSPS) is 21.9. The molecule has 1 aliphatic carbocycles. The van der Waals surface area contributed by atoms with E-state index in [2.05, 4.69) is 5.32 Å². The number of carbonyl (C=O) groups excluding carboxylic acids is 1. The molecule has 0 heterocycles. The second kappa shape index (κ2) is 8.50. The number of halogens is 2. The maximum Gasteiger partial charge on any atom is 0.220 e. The molecule has 1 saturated carbocycles. The van der Waals surface area contributed by atoms with E-state index in [0.29, 0.717) is 23.9 Å². The number of hydrogen-bond acceptors (Lipinski definition) is 2. The highest BCUT2D eigenvalue weighted by Gasteiger charge is 2.23. The third-order valence-electron chi connectivity index (χ3n) is 3.79. The minimum absolute atomic E-state index is 0. The Hall–Kier alpha value is -0.770. The van der Waals surface area contributed by atoms with Crippen LogP contribution < -0.4 is 11.1 Å². The van der Waals surface area contributed by atoms with Gasteiger partial charge in [0.1, 0.15) is 0 Å². The monoisotopic (exact) mass is 316 g/mol. The maximum absolute atomic E-state index is 11.9. The molecule has 3 nitrogen and oxygen atoms in total. The van der Waals surface area contributed by atoms with Gasteiger partial charge in [-0.15, -0.1) is 12.4 Å². The SMILES string of the molecule is Cl.NC1CCCCC1CC(=O)NCc1cccc(Cl)c1. The Balaban J connectivity index is 0.00000200. The lowest BCUT2D eigenvalue weighted by Crippen LogP contribution is -2.36. The highest BCUT2D eigenvalue weighted by molar-refractivity contribution is 6.30. The number of carbonyl (C=O) groups is 1. The van der Waals surface area contributed by atoms with Gasteiger partial charge in [0.25, 0.3) is 0 Å². The molecule has 20 heavy (non-hydrogen) atoms. The first kappa shape index (κ1) is 17.3. The summed E-state index contributed by atoms with van der Waals surface area (Å²) >= 11 is 5.91. The quantitative estimate of drug-likeness (QED) is 0.895. The average molecular weight is 317 g/mol. The van der Waals surface area contributed by atoms with Crippen LogP contribution in [0.1, 0.15) is 37.7 Å². The number of benzene rings is 1. The summed E-state index contributed by atoms with van der Waals surface area (Å²) in [5, 5.41) is 3.64. The van der Waals surface area contributed by atoms with Crippen LogP contribution in [0.4, 0.5) is 0 Å². The van der Waals surface area contributed by atoms with Gasteiger partial charge in [0.05, 0.1) is 0 Å². The van der Waals surface area contributed by atoms with Gasteiger partial charge in [0, 0.05) is 24.0 Å². The Labute approximate surface area is 131 Å². The van der Waals surface area contributed by atoms with E-state index in [1.165, 1.54) is 12.8 Å². The van der Waals surface area contributed by atoms with E-state index < -0.39 is 0 Å². The van der Waals surface area contributed by atoms with Crippen LogP contribution in [0.15, 0.2) is 24.3 Å². The summed E-state index contributed by atoms with van der Waals surface area (Å²) in [7, 11) is 0. The fourth-order valence-electron chi connectivity index (χ4n) is 2.65. The zero-order valence-electron chi connectivity index (χ0n) is 11.5. The fourth-order valence-corrected chi connectivity index (χ4v) is 2.86. The van der Waals surface area contributed by atoms with Crippen molar-refractivity contribution in [3.63, 3.8) is 0 Å². The number of nitrogens with two attached hydrogens (primary N) is 1. The van der Waals surface area contributed by atoms with Crippen molar-refractivity contribution < 1.29 is 4.79 Å². The van der Waals surface area contributed by atoms with Crippen LogP contribution in [0.25, 0.3) is 0 Å². The van der Waals surface area contributed by atoms with E-state index in [9.17, 15) is 4.79 Å². The van der Waals surface area contributed by atoms with Crippen LogP contribution in [-0.4, -0.2) is 11.9 Å². The molecule has 2 atom stereocenters. The summed E-state index contributed by atoms with van der Waals surface area (Å²) in [6.45, 7) is 0.529. The van der Waals surface area contributed by atoms with Gasteiger partial charge in [-0.1, -0.05) is 36.6 Å². The molecule has 0 aromatic heterocycles. The summed E-state index contributed by atoms with van der Waals surface area (Å²) in [4.78, 5) is 11.9. The van der Waals surface area contributed by atoms with E-state index >= 15 is 0 Å². The van der Waals surface area contributed by atoms with Gasteiger partial charge in [0.2, 0.25) is 5.91 Å². The molecule has 0 spiro atoms. The van der Waals surface area contributed by atoms with Crippen molar-refractivity contribution >= 4 is 29.9 Å². The second-order valence-corrected chi connectivity index (χ2v) is 5.76. The molecule has 3 N–H and O–H groups in total. The van der Waals surface area contributed by atoms with Gasteiger partial charge >= 0.3 is 0 Å². The maximum atomic E-state index is 11.9. The Kier molecular flexibility index (Phi) is 7.35. The first-order valence-electron chi connectivity index (χ1n) is 6.92. The molecular weight excluding hydrogens is 295 g/mol. The molecule has 1 aliphatic rings. The number of rotatable bonds is 4. The highest BCUT2D eigenvalue weighted by atomic mass is 35.5. The smallest absolute Gasteiger partial charge is 0.220 e. The Morgan fingerprint density at radius 3 is 2.80 bits per heavy atom. The fraction of sp³-hybridized carbons (Fsp3) is 0.533. The van der Waals surface area contributed by atoms with Crippen molar-refractivity contribution in [3.05, 3.63) is 34.9 Å². The second-order valence-electron chi connectivity index (χ2n) is 5.32. The van der Waals surface area contributed by atoms with Gasteiger partial charge in [0.15, 0.2) is 0 Å². The third kappa shape index (κ3) is 5.31. The van der Waals surface area contributed by atoms with Crippen molar-refractivity contribution in [1.29, 1.82) is 0 Å². The minimum Gasteiger partial charge on any atom is -0.352 e. The number of nitrogens with one attached hydrogen (secondary N) is 1. The number of amides is 1. The van der Waals surface area contributed by atoms with Gasteiger partial charge in [-0.2, -0.15) is 0 Å². The molecule has 0 saturated heterocycles. The summed E-state index contributed by atoms with van der Waals surface area (Å²) in [6.07, 6.45) is 5.06. The zero-order chi connectivity index (χ0) is 13.7. The van der Waals surface area contributed by atoms with Gasteiger partial charge in [-0.25, -0.2) is 0 Å². The third-order valence-corrected chi connectivity index (χ3v) is 4.03. The van der Waals surface area contributed by atoms with Crippen molar-refractivity contribution in [2.75, 3.05) is 0 Å². The zero-order valence-corrected chi connectivity index (χ0v) is 13.1. The molecular formula is C15H22Cl2N2O. The Morgan fingerprint density at radius 1 is 1.35 bits per heavy atom. The molecule has 0 bridgehead atoms. The van der Waals surface area contributed by atoms with Gasteiger partial charge in [-0.3, -0.25) is 4.79 Å². The van der Waals surface area contributed by atoms with Crippen LogP contribution >= 0.6 is 24.0 Å². The summed E-state index contributed by atoms with van der Waals surface area (Å²) in [5.74, 6) is 0.426. The van der Waals surface area contributed by atoms with Crippen LogP contribution in [-0.2, 0) is 11.3 Å². The van der Waals surface area contributed by atoms with E-state index in [0.717, 1.165) is 18.4 Å². The topological polar surface area (TPSA) is 55.1 Å². The van der Waals surface area contributed by atoms with Crippen LogP contribution in [0, 0.1) is 5.92 Å². The lowest BCUT2D eigenvalue weighted by atomic mass is 9.83. The molecule has 112 valence electrons. The van der Waals surface area contributed by atoms with E-state index in [-0.39, 0.29) is 24.4 Å². The van der Waals surface area contributed by atoms with Crippen LogP contribution in [0.3, 0.4) is 0 Å². The predicted octanol–water partition coefficient (Wildman–Crippen LogP) is 3.29. The Bertz CT molecular complexity index is 440. The van der Waals surface area contributed by atoms with Crippen molar-refractivity contribution in [2.24, 2.45) is 11.7 Å². The highest BCUT2D eigenvalue weighted by Crippen LogP contribution is 2.25. The molecule has 0 aliphatic heterocycles. The molecule has 2 unspecified atom stereocenters. The van der Waals surface area contributed by atoms with Crippen LogP contribution in [0.5, 0.6) is 0 Å². The predicted molar refractivity (Wildman–Crippen MR) is 85.1 cm³/mol. The van der Waals surface area contributed by atoms with Crippen molar-refractivity contribution in [1.82, 2.24) is 5.32 Å². The molecule has 1 aromatic carbocycles. The lowest BCUT2D eigenvalue weighted by molar-refractivity contribution is -0.122. The van der Waals surface area contributed by atoms with Crippen molar-refractivity contribution in [2.45, 2.75) is 44.7 Å². The molecule has 1 fully saturated rings. The lowest BCUT2D eigenvalue weighted by Gasteiger charge is -2.27. The van der Waals surface area contributed by atoms with E-state index in [4.69, 9.17) is 17.3 Å². The number of hydrogen-bond donors (Lipinski definition) is 2. The molecule has 0 radical (unpaired) electrons. The summed E-state index contributed by atoms with van der Waals surface area (Å²) < 4.78 is 0. The standard InChI is InChI=1S/C15H21ClN2O.ClH/c16-13-6-3-4-11(8-13)10-18-15(19)9-12-5-1-2-7-14(12)17;/h3-4,6,8,12,14H,1-2,5,7,9-10,17H2,(H,18,19);1H. The Morgan fingerprint density at radius 2 is 2.10 bits per heavy atom. The first-order valence-corrected chi connectivity index (χ1v) is 7.29. The average Bonchev–Trinajstić information content (AvgIpc) is 2.39. The van der Waals surface area contributed by atoms with Crippen molar-refractivity contribution in [3.8, 4) is 0 Å². The summed E-state index contributed by atoms with van der Waals surface area (Å²) in [5.41, 5.74) is 7.08. The van der Waals surface area contributed by atoms with E-state index in [1.807, 2.05) is 24.3 Å².